The molecule has 0 aromatic heterocycles. The summed E-state index contributed by atoms with van der Waals surface area (Å²) in [6, 6.07) is 6.87. The van der Waals surface area contributed by atoms with Gasteiger partial charge >= 0.3 is 0 Å². The smallest absolute Gasteiger partial charge is 0.0437 e. The molecule has 2 atom stereocenters. The van der Waals surface area contributed by atoms with Crippen molar-refractivity contribution in [2.24, 2.45) is 0 Å². The van der Waals surface area contributed by atoms with Crippen molar-refractivity contribution in [3.05, 3.63) is 34.9 Å². The SMILES string of the molecule is CCNC(CS(=O)C1CCCC1)c1cc(C)cc(C)c1. The van der Waals surface area contributed by atoms with Crippen molar-refractivity contribution in [2.45, 2.75) is 57.7 Å². The molecule has 1 aromatic carbocycles. The Bertz CT molecular complexity index is 446. The molecule has 2 rings (SSSR count). The van der Waals surface area contributed by atoms with Crippen LogP contribution in [0.2, 0.25) is 0 Å². The summed E-state index contributed by atoms with van der Waals surface area (Å²) < 4.78 is 12.5. The molecule has 0 aliphatic heterocycles. The summed E-state index contributed by atoms with van der Waals surface area (Å²) in [5, 5.41) is 3.95. The van der Waals surface area contributed by atoms with E-state index in [4.69, 9.17) is 0 Å². The Hall–Kier alpha value is -0.670. The summed E-state index contributed by atoms with van der Waals surface area (Å²) in [5.74, 6) is 0.751. The van der Waals surface area contributed by atoms with E-state index in [1.807, 2.05) is 0 Å². The maximum Gasteiger partial charge on any atom is 0.0437 e. The van der Waals surface area contributed by atoms with Gasteiger partial charge in [-0.3, -0.25) is 4.21 Å². The molecule has 0 amide bonds. The molecule has 2 nitrogen and oxygen atoms in total. The standard InChI is InChI=1S/C17H27NOS/c1-4-18-17(12-20(19)16-7-5-6-8-16)15-10-13(2)9-14(3)11-15/h9-11,16-18H,4-8,12H2,1-3H3. The largest absolute Gasteiger partial charge is 0.309 e. The third kappa shape index (κ3) is 4.16. The van der Waals surface area contributed by atoms with Crippen LogP contribution in [0.4, 0.5) is 0 Å². The molecule has 112 valence electrons. The van der Waals surface area contributed by atoms with Gasteiger partial charge in [0.2, 0.25) is 0 Å². The average Bonchev–Trinajstić information content (AvgIpc) is 2.90. The molecule has 1 saturated carbocycles. The van der Waals surface area contributed by atoms with Gasteiger partial charge in [0.15, 0.2) is 0 Å². The summed E-state index contributed by atoms with van der Waals surface area (Å²) in [6.07, 6.45) is 4.81. The zero-order chi connectivity index (χ0) is 14.5. The molecule has 1 aliphatic rings. The normalized spacial score (nSPS) is 19.1. The molecule has 0 heterocycles. The van der Waals surface area contributed by atoms with Crippen LogP contribution in [-0.2, 0) is 10.8 Å². The monoisotopic (exact) mass is 293 g/mol. The van der Waals surface area contributed by atoms with Gasteiger partial charge in [-0.1, -0.05) is 49.1 Å². The van der Waals surface area contributed by atoms with E-state index in [9.17, 15) is 4.21 Å². The number of hydrogen-bond donors (Lipinski definition) is 1. The lowest BCUT2D eigenvalue weighted by Gasteiger charge is -2.21. The second kappa shape index (κ2) is 7.37. The molecule has 1 aromatic rings. The Morgan fingerprint density at radius 3 is 2.35 bits per heavy atom. The molecule has 20 heavy (non-hydrogen) atoms. The van der Waals surface area contributed by atoms with Gasteiger partial charge in [0.25, 0.3) is 0 Å². The summed E-state index contributed by atoms with van der Waals surface area (Å²) in [5.41, 5.74) is 3.86. The van der Waals surface area contributed by atoms with Crippen LogP contribution in [-0.4, -0.2) is 21.8 Å². The van der Waals surface area contributed by atoms with Gasteiger partial charge in [-0.15, -0.1) is 0 Å². The lowest BCUT2D eigenvalue weighted by molar-refractivity contribution is 0.589. The van der Waals surface area contributed by atoms with Crippen LogP contribution in [0.5, 0.6) is 0 Å². The summed E-state index contributed by atoms with van der Waals surface area (Å²) >= 11 is 0. The quantitative estimate of drug-likeness (QED) is 0.867. The molecule has 0 saturated heterocycles. The zero-order valence-corrected chi connectivity index (χ0v) is 13.8. The molecule has 0 bridgehead atoms. The summed E-state index contributed by atoms with van der Waals surface area (Å²) in [7, 11) is -0.703. The minimum absolute atomic E-state index is 0.222. The van der Waals surface area contributed by atoms with Gasteiger partial charge in [0.05, 0.1) is 0 Å². The van der Waals surface area contributed by atoms with Crippen molar-refractivity contribution in [1.82, 2.24) is 5.32 Å². The second-order valence-corrected chi connectivity index (χ2v) is 7.75. The van der Waals surface area contributed by atoms with Crippen molar-refractivity contribution < 1.29 is 4.21 Å². The fourth-order valence-corrected chi connectivity index (χ4v) is 4.95. The second-order valence-electron chi connectivity index (χ2n) is 5.99. The number of aryl methyl sites for hydroxylation is 2. The highest BCUT2D eigenvalue weighted by molar-refractivity contribution is 7.85. The summed E-state index contributed by atoms with van der Waals surface area (Å²) in [4.78, 5) is 0. The van der Waals surface area contributed by atoms with Gasteiger partial charge in [0, 0.05) is 27.8 Å². The van der Waals surface area contributed by atoms with Crippen LogP contribution >= 0.6 is 0 Å². The van der Waals surface area contributed by atoms with Crippen molar-refractivity contribution in [1.29, 1.82) is 0 Å². The van der Waals surface area contributed by atoms with Gasteiger partial charge in [-0.25, -0.2) is 0 Å². The van der Waals surface area contributed by atoms with Crippen LogP contribution in [0, 0.1) is 13.8 Å². The Balaban J connectivity index is 2.11. The highest BCUT2D eigenvalue weighted by Crippen LogP contribution is 2.26. The molecule has 2 unspecified atom stereocenters. The minimum atomic E-state index is -0.703. The maximum atomic E-state index is 12.5. The first-order valence-corrected chi connectivity index (χ1v) is 9.17. The van der Waals surface area contributed by atoms with Gasteiger partial charge < -0.3 is 5.32 Å². The average molecular weight is 293 g/mol. The number of nitrogens with one attached hydrogen (secondary N) is 1. The fraction of sp³-hybridized carbons (Fsp3) is 0.647. The van der Waals surface area contributed by atoms with E-state index >= 15 is 0 Å². The number of benzene rings is 1. The van der Waals surface area contributed by atoms with Crippen LogP contribution in [0.1, 0.15) is 55.3 Å². The van der Waals surface area contributed by atoms with Gasteiger partial charge in [-0.05, 0) is 38.8 Å². The van der Waals surface area contributed by atoms with Crippen LogP contribution < -0.4 is 5.32 Å². The first-order valence-electron chi connectivity index (χ1n) is 7.79. The summed E-state index contributed by atoms with van der Waals surface area (Å²) in [6.45, 7) is 7.30. The van der Waals surface area contributed by atoms with Crippen LogP contribution in [0.3, 0.4) is 0 Å². The lowest BCUT2D eigenvalue weighted by Crippen LogP contribution is -2.29. The minimum Gasteiger partial charge on any atom is -0.309 e. The topological polar surface area (TPSA) is 29.1 Å². The van der Waals surface area contributed by atoms with E-state index in [0.717, 1.165) is 25.1 Å². The maximum absolute atomic E-state index is 12.5. The van der Waals surface area contributed by atoms with Crippen LogP contribution in [0.25, 0.3) is 0 Å². The van der Waals surface area contributed by atoms with E-state index in [0.29, 0.717) is 5.25 Å². The Kier molecular flexibility index (Phi) is 5.79. The molecule has 0 spiro atoms. The zero-order valence-electron chi connectivity index (χ0n) is 12.9. The molecule has 3 heteroatoms. The van der Waals surface area contributed by atoms with Gasteiger partial charge in [0.1, 0.15) is 0 Å². The molecule has 1 fully saturated rings. The third-order valence-corrected chi connectivity index (χ3v) is 5.98. The Morgan fingerprint density at radius 2 is 1.80 bits per heavy atom. The predicted molar refractivity (Wildman–Crippen MR) is 87.6 cm³/mol. The molecular formula is C17H27NOS. The van der Waals surface area contributed by atoms with E-state index in [-0.39, 0.29) is 6.04 Å². The Morgan fingerprint density at radius 1 is 1.20 bits per heavy atom. The number of hydrogen-bond acceptors (Lipinski definition) is 2. The van der Waals surface area contributed by atoms with E-state index in [1.165, 1.54) is 29.5 Å². The highest BCUT2D eigenvalue weighted by atomic mass is 32.2. The molecule has 1 aliphatic carbocycles. The molecular weight excluding hydrogens is 266 g/mol. The van der Waals surface area contributed by atoms with E-state index in [1.54, 1.807) is 0 Å². The first-order chi connectivity index (χ1) is 9.60. The predicted octanol–water partition coefficient (Wildman–Crippen LogP) is 3.65. The van der Waals surface area contributed by atoms with E-state index < -0.39 is 10.8 Å². The van der Waals surface area contributed by atoms with Crippen molar-refractivity contribution >= 4 is 10.8 Å². The Labute approximate surface area is 125 Å². The molecule has 0 radical (unpaired) electrons. The van der Waals surface area contributed by atoms with Gasteiger partial charge in [-0.2, -0.15) is 0 Å². The van der Waals surface area contributed by atoms with E-state index in [2.05, 4.69) is 44.3 Å². The van der Waals surface area contributed by atoms with Crippen molar-refractivity contribution in [3.63, 3.8) is 0 Å². The van der Waals surface area contributed by atoms with Crippen molar-refractivity contribution in [2.75, 3.05) is 12.3 Å². The highest BCUT2D eigenvalue weighted by Gasteiger charge is 2.24. The lowest BCUT2D eigenvalue weighted by atomic mass is 10.0. The molecule has 1 N–H and O–H groups in total. The number of rotatable bonds is 6. The first kappa shape index (κ1) is 15.7. The third-order valence-electron chi connectivity index (χ3n) is 4.10. The van der Waals surface area contributed by atoms with Crippen LogP contribution in [0.15, 0.2) is 18.2 Å². The van der Waals surface area contributed by atoms with Crippen molar-refractivity contribution in [3.8, 4) is 0 Å². The fourth-order valence-electron chi connectivity index (χ4n) is 3.18.